The van der Waals surface area contributed by atoms with Gasteiger partial charge in [0.25, 0.3) is 0 Å². The van der Waals surface area contributed by atoms with Crippen molar-refractivity contribution < 1.29 is 0 Å². The van der Waals surface area contributed by atoms with E-state index in [2.05, 4.69) is 46.4 Å². The number of nitrogens with one attached hydrogen (secondary N) is 1. The molecular weight excluding hydrogens is 318 g/mol. The normalized spacial score (nSPS) is 12.6. The third-order valence-corrected chi connectivity index (χ3v) is 4.55. The fourth-order valence-corrected chi connectivity index (χ4v) is 3.37. The summed E-state index contributed by atoms with van der Waals surface area (Å²) in [5.41, 5.74) is 1.14. The van der Waals surface area contributed by atoms with Crippen LogP contribution < -0.4 is 5.32 Å². The molecule has 90 valence electrons. The molecule has 2 aromatic rings. The maximum atomic E-state index is 6.16. The maximum absolute atomic E-state index is 6.16. The Balaban J connectivity index is 1.98. The lowest BCUT2D eigenvalue weighted by molar-refractivity contribution is 0.579. The van der Waals surface area contributed by atoms with Crippen molar-refractivity contribution in [2.24, 2.45) is 0 Å². The second-order valence-electron chi connectivity index (χ2n) is 3.83. The van der Waals surface area contributed by atoms with Crippen molar-refractivity contribution in [2.75, 3.05) is 0 Å². The first-order chi connectivity index (χ1) is 8.16. The number of rotatable bonds is 4. The molecule has 1 nitrogen and oxygen atoms in total. The summed E-state index contributed by atoms with van der Waals surface area (Å²) in [5.74, 6) is 0. The number of hydrogen-bond acceptors (Lipinski definition) is 2. The van der Waals surface area contributed by atoms with Gasteiger partial charge in [0.2, 0.25) is 0 Å². The molecule has 1 N–H and O–H groups in total. The molecule has 0 aliphatic carbocycles. The average Bonchev–Trinajstić information content (AvgIpc) is 2.73. The molecule has 0 saturated heterocycles. The van der Waals surface area contributed by atoms with Gasteiger partial charge in [0.15, 0.2) is 0 Å². The van der Waals surface area contributed by atoms with Crippen molar-refractivity contribution in [3.63, 3.8) is 0 Å². The Bertz CT molecular complexity index is 498. The van der Waals surface area contributed by atoms with E-state index >= 15 is 0 Å². The molecule has 1 aromatic carbocycles. The molecular formula is C13H13BrClNS. The largest absolute Gasteiger partial charge is 0.305 e. The van der Waals surface area contributed by atoms with Crippen molar-refractivity contribution >= 4 is 38.9 Å². The minimum atomic E-state index is 0.254. The van der Waals surface area contributed by atoms with Crippen LogP contribution in [0, 0.1) is 0 Å². The molecule has 0 radical (unpaired) electrons. The zero-order valence-electron chi connectivity index (χ0n) is 9.41. The van der Waals surface area contributed by atoms with Gasteiger partial charge in [0.1, 0.15) is 0 Å². The first-order valence-corrected chi connectivity index (χ1v) is 7.37. The predicted octanol–water partition coefficient (Wildman–Crippen LogP) is 5.01. The minimum absolute atomic E-state index is 0.254. The number of hydrogen-bond donors (Lipinski definition) is 1. The summed E-state index contributed by atoms with van der Waals surface area (Å²) >= 11 is 11.4. The Labute approximate surface area is 119 Å². The molecule has 1 atom stereocenters. The summed E-state index contributed by atoms with van der Waals surface area (Å²) in [6, 6.07) is 12.4. The van der Waals surface area contributed by atoms with Gasteiger partial charge in [-0.25, -0.2) is 0 Å². The summed E-state index contributed by atoms with van der Waals surface area (Å²) < 4.78 is 1.17. The molecule has 0 amide bonds. The standard InChI is InChI=1S/C13H13BrClNS/c1-9(11-4-2-3-5-12(11)15)16-8-10-6-7-13(14)17-10/h2-7,9,16H,8H2,1H3. The van der Waals surface area contributed by atoms with Crippen LogP contribution in [-0.4, -0.2) is 0 Å². The second-order valence-corrected chi connectivity index (χ2v) is 6.78. The first kappa shape index (κ1) is 13.1. The highest BCUT2D eigenvalue weighted by molar-refractivity contribution is 9.11. The smallest absolute Gasteiger partial charge is 0.0701 e. The highest BCUT2D eigenvalue weighted by atomic mass is 79.9. The average molecular weight is 331 g/mol. The molecule has 1 unspecified atom stereocenters. The van der Waals surface area contributed by atoms with Crippen LogP contribution in [0.5, 0.6) is 0 Å². The van der Waals surface area contributed by atoms with E-state index < -0.39 is 0 Å². The highest BCUT2D eigenvalue weighted by Gasteiger charge is 2.08. The SMILES string of the molecule is CC(NCc1ccc(Br)s1)c1ccccc1Cl. The Kier molecular flexibility index (Phi) is 4.62. The Morgan fingerprint density at radius 1 is 1.29 bits per heavy atom. The maximum Gasteiger partial charge on any atom is 0.0701 e. The Hall–Kier alpha value is -0.350. The lowest BCUT2D eigenvalue weighted by atomic mass is 10.1. The van der Waals surface area contributed by atoms with Gasteiger partial charge >= 0.3 is 0 Å². The molecule has 2 rings (SSSR count). The van der Waals surface area contributed by atoms with Crippen molar-refractivity contribution in [2.45, 2.75) is 19.5 Å². The fourth-order valence-electron chi connectivity index (χ4n) is 1.64. The highest BCUT2D eigenvalue weighted by Crippen LogP contribution is 2.25. The van der Waals surface area contributed by atoms with Gasteiger partial charge in [-0.1, -0.05) is 29.8 Å². The Morgan fingerprint density at radius 2 is 2.06 bits per heavy atom. The summed E-state index contributed by atoms with van der Waals surface area (Å²) in [5, 5.41) is 4.29. The predicted molar refractivity (Wildman–Crippen MR) is 78.7 cm³/mol. The van der Waals surface area contributed by atoms with Gasteiger partial charge in [0.05, 0.1) is 3.79 Å². The van der Waals surface area contributed by atoms with Crippen molar-refractivity contribution in [1.82, 2.24) is 5.32 Å². The summed E-state index contributed by atoms with van der Waals surface area (Å²) in [4.78, 5) is 1.32. The summed E-state index contributed by atoms with van der Waals surface area (Å²) in [6.45, 7) is 2.99. The minimum Gasteiger partial charge on any atom is -0.305 e. The van der Waals surface area contributed by atoms with Crippen LogP contribution >= 0.6 is 38.9 Å². The van der Waals surface area contributed by atoms with E-state index in [-0.39, 0.29) is 6.04 Å². The third kappa shape index (κ3) is 3.55. The monoisotopic (exact) mass is 329 g/mol. The quantitative estimate of drug-likeness (QED) is 0.830. The van der Waals surface area contributed by atoms with Gasteiger partial charge in [0, 0.05) is 22.5 Å². The number of benzene rings is 1. The molecule has 0 aliphatic rings. The van der Waals surface area contributed by atoms with Crippen molar-refractivity contribution in [3.8, 4) is 0 Å². The number of thiophene rings is 1. The fraction of sp³-hybridized carbons (Fsp3) is 0.231. The topological polar surface area (TPSA) is 12.0 Å². The van der Waals surface area contributed by atoms with E-state index in [0.717, 1.165) is 17.1 Å². The van der Waals surface area contributed by atoms with Gasteiger partial charge in [-0.2, -0.15) is 0 Å². The molecule has 0 fully saturated rings. The lowest BCUT2D eigenvalue weighted by Gasteiger charge is -2.14. The molecule has 0 aliphatic heterocycles. The molecule has 1 aromatic heterocycles. The van der Waals surface area contributed by atoms with E-state index in [1.54, 1.807) is 11.3 Å². The van der Waals surface area contributed by atoms with E-state index in [9.17, 15) is 0 Å². The lowest BCUT2D eigenvalue weighted by Crippen LogP contribution is -2.17. The van der Waals surface area contributed by atoms with Gasteiger partial charge < -0.3 is 5.32 Å². The van der Waals surface area contributed by atoms with E-state index in [1.165, 1.54) is 8.66 Å². The second kappa shape index (κ2) is 6.01. The van der Waals surface area contributed by atoms with Gasteiger partial charge in [-0.15, -0.1) is 11.3 Å². The van der Waals surface area contributed by atoms with Crippen molar-refractivity contribution in [3.05, 3.63) is 55.6 Å². The molecule has 0 spiro atoms. The van der Waals surface area contributed by atoms with Crippen LogP contribution in [0.2, 0.25) is 5.02 Å². The number of halogens is 2. The van der Waals surface area contributed by atoms with Gasteiger partial charge in [-0.05, 0) is 46.6 Å². The molecule has 0 bridgehead atoms. The van der Waals surface area contributed by atoms with E-state index in [1.807, 2.05) is 18.2 Å². The molecule has 0 saturated carbocycles. The van der Waals surface area contributed by atoms with Crippen molar-refractivity contribution in [1.29, 1.82) is 0 Å². The summed E-state index contributed by atoms with van der Waals surface area (Å²) in [7, 11) is 0. The van der Waals surface area contributed by atoms with E-state index in [0.29, 0.717) is 0 Å². The van der Waals surface area contributed by atoms with Gasteiger partial charge in [-0.3, -0.25) is 0 Å². The summed E-state index contributed by atoms with van der Waals surface area (Å²) in [6.07, 6.45) is 0. The van der Waals surface area contributed by atoms with Crippen LogP contribution in [0.1, 0.15) is 23.4 Å². The molecule has 17 heavy (non-hydrogen) atoms. The van der Waals surface area contributed by atoms with Crippen LogP contribution in [0.3, 0.4) is 0 Å². The van der Waals surface area contributed by atoms with Crippen LogP contribution in [0.25, 0.3) is 0 Å². The van der Waals surface area contributed by atoms with Crippen LogP contribution in [-0.2, 0) is 6.54 Å². The zero-order chi connectivity index (χ0) is 12.3. The van der Waals surface area contributed by atoms with Crippen LogP contribution in [0.4, 0.5) is 0 Å². The van der Waals surface area contributed by atoms with Crippen LogP contribution in [0.15, 0.2) is 40.2 Å². The first-order valence-electron chi connectivity index (χ1n) is 5.39. The zero-order valence-corrected chi connectivity index (χ0v) is 12.6. The Morgan fingerprint density at radius 3 is 2.71 bits per heavy atom. The molecule has 4 heteroatoms. The molecule has 1 heterocycles. The third-order valence-electron chi connectivity index (χ3n) is 2.58. The van der Waals surface area contributed by atoms with E-state index in [4.69, 9.17) is 11.6 Å².